The Bertz CT molecular complexity index is 458. The largest absolute Gasteiger partial charge is 0.369 e. The van der Waals surface area contributed by atoms with Crippen LogP contribution in [0.4, 0.5) is 10.1 Å². The third-order valence-corrected chi connectivity index (χ3v) is 5.57. The molecule has 1 aliphatic heterocycles. The summed E-state index contributed by atoms with van der Waals surface area (Å²) >= 11 is 0. The second-order valence-electron chi connectivity index (χ2n) is 6.42. The average molecular weight is 292 g/mol. The maximum absolute atomic E-state index is 14.4. The van der Waals surface area contributed by atoms with Gasteiger partial charge in [-0.1, -0.05) is 32.8 Å². The van der Waals surface area contributed by atoms with Crippen LogP contribution in [-0.4, -0.2) is 20.1 Å². The molecule has 1 aliphatic rings. The molecule has 1 heterocycles. The lowest BCUT2D eigenvalue weighted by atomic mass is 9.74. The molecule has 0 saturated carbocycles. The fourth-order valence-electron chi connectivity index (χ4n) is 3.39. The maximum Gasteiger partial charge on any atom is 0.146 e. The predicted octanol–water partition coefficient (Wildman–Crippen LogP) is 4.51. The Morgan fingerprint density at radius 3 is 2.33 bits per heavy atom. The Balaban J connectivity index is 2.10. The molecule has 1 N–H and O–H groups in total. The van der Waals surface area contributed by atoms with Gasteiger partial charge >= 0.3 is 0 Å². The smallest absolute Gasteiger partial charge is 0.146 e. The number of benzene rings is 1. The molecule has 0 aliphatic carbocycles. The highest BCUT2D eigenvalue weighted by molar-refractivity contribution is 5.50. The van der Waals surface area contributed by atoms with Gasteiger partial charge < -0.3 is 10.2 Å². The molecule has 1 unspecified atom stereocenters. The summed E-state index contributed by atoms with van der Waals surface area (Å²) in [5.74, 6) is -0.0879. The van der Waals surface area contributed by atoms with Gasteiger partial charge in [-0.2, -0.15) is 0 Å². The van der Waals surface area contributed by atoms with E-state index in [1.165, 1.54) is 25.7 Å². The van der Waals surface area contributed by atoms with E-state index in [0.717, 1.165) is 24.3 Å². The molecule has 118 valence electrons. The zero-order valence-electron chi connectivity index (χ0n) is 13.9. The minimum Gasteiger partial charge on any atom is -0.369 e. The van der Waals surface area contributed by atoms with Crippen molar-refractivity contribution in [2.75, 3.05) is 25.0 Å². The summed E-state index contributed by atoms with van der Waals surface area (Å²) in [6.45, 7) is 8.56. The van der Waals surface area contributed by atoms with Crippen molar-refractivity contribution in [1.29, 1.82) is 0 Å². The highest BCUT2D eigenvalue weighted by atomic mass is 19.1. The number of nitrogens with zero attached hydrogens (tertiary/aromatic N) is 1. The first kappa shape index (κ1) is 16.3. The van der Waals surface area contributed by atoms with E-state index in [0.29, 0.717) is 5.41 Å². The molecule has 2 nitrogen and oxygen atoms in total. The quantitative estimate of drug-likeness (QED) is 0.859. The highest BCUT2D eigenvalue weighted by Gasteiger charge is 2.31. The Hall–Kier alpha value is -1.09. The van der Waals surface area contributed by atoms with E-state index < -0.39 is 0 Å². The van der Waals surface area contributed by atoms with Crippen LogP contribution in [0.1, 0.15) is 58.1 Å². The fraction of sp³-hybridized carbons (Fsp3) is 0.667. The average Bonchev–Trinajstić information content (AvgIpc) is 2.54. The van der Waals surface area contributed by atoms with Crippen LogP contribution >= 0.6 is 0 Å². The Labute approximate surface area is 128 Å². The molecule has 1 saturated heterocycles. The van der Waals surface area contributed by atoms with Crippen molar-refractivity contribution in [1.82, 2.24) is 5.32 Å². The summed E-state index contributed by atoms with van der Waals surface area (Å²) in [6, 6.07) is 5.85. The van der Waals surface area contributed by atoms with Crippen LogP contribution in [0.2, 0.25) is 0 Å². The van der Waals surface area contributed by atoms with Crippen LogP contribution in [0.15, 0.2) is 18.2 Å². The number of piperidine rings is 1. The van der Waals surface area contributed by atoms with Gasteiger partial charge in [-0.3, -0.25) is 0 Å². The van der Waals surface area contributed by atoms with E-state index in [1.807, 2.05) is 26.1 Å². The van der Waals surface area contributed by atoms with Crippen molar-refractivity contribution in [3.8, 4) is 0 Å². The molecule has 0 aromatic heterocycles. The summed E-state index contributed by atoms with van der Waals surface area (Å²) in [5, 5.41) is 3.15. The van der Waals surface area contributed by atoms with Crippen molar-refractivity contribution in [2.24, 2.45) is 5.41 Å². The van der Waals surface area contributed by atoms with Crippen molar-refractivity contribution in [3.63, 3.8) is 0 Å². The van der Waals surface area contributed by atoms with E-state index in [1.54, 1.807) is 6.07 Å². The van der Waals surface area contributed by atoms with Crippen LogP contribution in [0, 0.1) is 11.2 Å². The van der Waals surface area contributed by atoms with E-state index in [4.69, 9.17) is 0 Å². The van der Waals surface area contributed by atoms with Crippen molar-refractivity contribution < 1.29 is 4.39 Å². The second kappa shape index (κ2) is 6.78. The molecule has 0 radical (unpaired) electrons. The van der Waals surface area contributed by atoms with Crippen LogP contribution in [0.25, 0.3) is 0 Å². The summed E-state index contributed by atoms with van der Waals surface area (Å²) in [7, 11) is 1.90. The lowest BCUT2D eigenvalue weighted by Crippen LogP contribution is -2.40. The number of nitrogens with one attached hydrogen (secondary N) is 1. The van der Waals surface area contributed by atoms with E-state index in [9.17, 15) is 4.39 Å². The molecular formula is C18H29FN2. The normalized spacial score (nSPS) is 19.6. The van der Waals surface area contributed by atoms with Crippen molar-refractivity contribution in [2.45, 2.75) is 52.5 Å². The molecule has 1 fully saturated rings. The maximum atomic E-state index is 14.4. The summed E-state index contributed by atoms with van der Waals surface area (Å²) < 4.78 is 14.4. The standard InChI is InChI=1S/C18H29FN2/c1-5-18(6-2)9-11-21(12-10-18)17-8-7-15(13-16(17)19)14(3)20-4/h7-8,13-14,20H,5-6,9-12H2,1-4H3. The minimum absolute atomic E-state index is 0.0879. The molecule has 1 aromatic rings. The van der Waals surface area contributed by atoms with Crippen LogP contribution in [0.3, 0.4) is 0 Å². The molecule has 2 rings (SSSR count). The molecule has 1 atom stereocenters. The van der Waals surface area contributed by atoms with Crippen LogP contribution in [0.5, 0.6) is 0 Å². The summed E-state index contributed by atoms with van der Waals surface area (Å²) in [6.07, 6.45) is 4.82. The molecule has 0 bridgehead atoms. The van der Waals surface area contributed by atoms with Crippen molar-refractivity contribution in [3.05, 3.63) is 29.6 Å². The molecule has 3 heteroatoms. The first-order valence-corrected chi connectivity index (χ1v) is 8.27. The monoisotopic (exact) mass is 292 g/mol. The summed E-state index contributed by atoms with van der Waals surface area (Å²) in [4.78, 5) is 2.22. The van der Waals surface area contributed by atoms with Gasteiger partial charge in [-0.15, -0.1) is 0 Å². The third kappa shape index (κ3) is 3.39. The molecular weight excluding hydrogens is 263 g/mol. The first-order valence-electron chi connectivity index (χ1n) is 8.27. The lowest BCUT2D eigenvalue weighted by molar-refractivity contribution is 0.199. The van der Waals surface area contributed by atoms with E-state index in [2.05, 4.69) is 24.1 Å². The Kier molecular flexibility index (Phi) is 5.26. The van der Waals surface area contributed by atoms with Gasteiger partial charge in [-0.25, -0.2) is 4.39 Å². The number of anilines is 1. The molecule has 21 heavy (non-hydrogen) atoms. The van der Waals surface area contributed by atoms with E-state index >= 15 is 0 Å². The fourth-order valence-corrected chi connectivity index (χ4v) is 3.39. The second-order valence-corrected chi connectivity index (χ2v) is 6.42. The Morgan fingerprint density at radius 1 is 1.24 bits per heavy atom. The van der Waals surface area contributed by atoms with Gasteiger partial charge in [0.05, 0.1) is 5.69 Å². The number of rotatable bonds is 5. The Morgan fingerprint density at radius 2 is 1.86 bits per heavy atom. The first-order chi connectivity index (χ1) is 10.0. The molecule has 1 aromatic carbocycles. The topological polar surface area (TPSA) is 15.3 Å². The zero-order chi connectivity index (χ0) is 15.5. The van der Waals surface area contributed by atoms with Gasteiger partial charge in [0.15, 0.2) is 0 Å². The number of hydrogen-bond donors (Lipinski definition) is 1. The molecule has 0 amide bonds. The van der Waals surface area contributed by atoms with Crippen LogP contribution in [-0.2, 0) is 0 Å². The van der Waals surface area contributed by atoms with Gasteiger partial charge in [0.25, 0.3) is 0 Å². The predicted molar refractivity (Wildman–Crippen MR) is 88.3 cm³/mol. The summed E-state index contributed by atoms with van der Waals surface area (Å²) in [5.41, 5.74) is 2.25. The van der Waals surface area contributed by atoms with Gasteiger partial charge in [0.1, 0.15) is 5.82 Å². The van der Waals surface area contributed by atoms with E-state index in [-0.39, 0.29) is 11.9 Å². The zero-order valence-corrected chi connectivity index (χ0v) is 13.9. The molecule has 0 spiro atoms. The lowest BCUT2D eigenvalue weighted by Gasteiger charge is -2.42. The van der Waals surface area contributed by atoms with Gasteiger partial charge in [-0.05, 0) is 49.9 Å². The highest BCUT2D eigenvalue weighted by Crippen LogP contribution is 2.39. The third-order valence-electron chi connectivity index (χ3n) is 5.57. The van der Waals surface area contributed by atoms with Crippen LogP contribution < -0.4 is 10.2 Å². The van der Waals surface area contributed by atoms with Crippen molar-refractivity contribution >= 4 is 5.69 Å². The number of hydrogen-bond acceptors (Lipinski definition) is 2. The minimum atomic E-state index is -0.0879. The van der Waals surface area contributed by atoms with Gasteiger partial charge in [0.2, 0.25) is 0 Å². The number of halogens is 1. The SMILES string of the molecule is CCC1(CC)CCN(c2ccc(C(C)NC)cc2F)CC1. The van der Waals surface area contributed by atoms with Gasteiger partial charge in [0, 0.05) is 19.1 Å².